The van der Waals surface area contributed by atoms with Crippen molar-refractivity contribution in [3.8, 4) is 0 Å². The van der Waals surface area contributed by atoms with E-state index in [4.69, 9.17) is 4.74 Å². The van der Waals surface area contributed by atoms with Crippen LogP contribution >= 0.6 is 0 Å². The van der Waals surface area contributed by atoms with Gasteiger partial charge < -0.3 is 9.14 Å². The summed E-state index contributed by atoms with van der Waals surface area (Å²) in [6, 6.07) is 9.34. The number of fused-ring (bicyclic) bond motifs is 3. The van der Waals surface area contributed by atoms with Gasteiger partial charge in [0.15, 0.2) is 0 Å². The SMILES string of the molecule is CCOC(=O)c1c2ccccc2c2ccc(C(F)(F)F)cn12. The predicted octanol–water partition coefficient (Wildman–Crippen LogP) is 4.29. The van der Waals surface area contributed by atoms with Crippen LogP contribution in [0.4, 0.5) is 13.2 Å². The molecule has 0 aliphatic heterocycles. The second kappa shape index (κ2) is 5.05. The number of aromatic nitrogens is 1. The van der Waals surface area contributed by atoms with E-state index in [1.807, 2.05) is 0 Å². The van der Waals surface area contributed by atoms with Crippen LogP contribution in [0.1, 0.15) is 23.0 Å². The van der Waals surface area contributed by atoms with Crippen LogP contribution < -0.4 is 0 Å². The van der Waals surface area contributed by atoms with E-state index in [0.717, 1.165) is 12.3 Å². The fourth-order valence-electron chi connectivity index (χ4n) is 2.52. The molecular formula is C16H12F3NO2. The minimum absolute atomic E-state index is 0.110. The Bertz CT molecular complexity index is 865. The Morgan fingerprint density at radius 3 is 2.45 bits per heavy atom. The number of alkyl halides is 3. The number of hydrogen-bond donors (Lipinski definition) is 0. The molecular weight excluding hydrogens is 295 g/mol. The van der Waals surface area contributed by atoms with Gasteiger partial charge in [0.2, 0.25) is 0 Å². The zero-order chi connectivity index (χ0) is 15.9. The third-order valence-electron chi connectivity index (χ3n) is 3.44. The lowest BCUT2D eigenvalue weighted by atomic mass is 10.1. The fourth-order valence-corrected chi connectivity index (χ4v) is 2.52. The van der Waals surface area contributed by atoms with Gasteiger partial charge in [-0.25, -0.2) is 4.79 Å². The number of pyridine rings is 1. The summed E-state index contributed by atoms with van der Waals surface area (Å²) in [5.74, 6) is -0.641. The molecule has 0 radical (unpaired) electrons. The molecule has 0 saturated carbocycles. The molecule has 0 N–H and O–H groups in total. The van der Waals surface area contributed by atoms with E-state index in [1.165, 1.54) is 10.5 Å². The average Bonchev–Trinajstić information content (AvgIpc) is 2.80. The molecule has 0 fully saturated rings. The number of esters is 1. The number of halogens is 3. The maximum atomic E-state index is 12.9. The number of carbonyl (C=O) groups is 1. The first kappa shape index (κ1) is 14.4. The smallest absolute Gasteiger partial charge is 0.417 e. The van der Waals surface area contributed by atoms with E-state index >= 15 is 0 Å². The first-order chi connectivity index (χ1) is 10.4. The first-order valence-electron chi connectivity index (χ1n) is 6.70. The highest BCUT2D eigenvalue weighted by atomic mass is 19.4. The van der Waals surface area contributed by atoms with Gasteiger partial charge in [-0.3, -0.25) is 0 Å². The van der Waals surface area contributed by atoms with Gasteiger partial charge >= 0.3 is 12.1 Å². The molecule has 1 aromatic carbocycles. The zero-order valence-corrected chi connectivity index (χ0v) is 11.6. The fraction of sp³-hybridized carbons (Fsp3) is 0.188. The van der Waals surface area contributed by atoms with Crippen LogP contribution in [-0.2, 0) is 10.9 Å². The molecule has 22 heavy (non-hydrogen) atoms. The van der Waals surface area contributed by atoms with E-state index in [1.54, 1.807) is 31.2 Å². The Balaban J connectivity index is 2.38. The Hall–Kier alpha value is -2.50. The second-order valence-corrected chi connectivity index (χ2v) is 4.79. The summed E-state index contributed by atoms with van der Waals surface area (Å²) in [5, 5.41) is 1.28. The first-order valence-corrected chi connectivity index (χ1v) is 6.70. The molecule has 0 unspecified atom stereocenters. The molecule has 3 rings (SSSR count). The van der Waals surface area contributed by atoms with Gasteiger partial charge in [-0.05, 0) is 19.1 Å². The van der Waals surface area contributed by atoms with Crippen LogP contribution in [0.25, 0.3) is 16.3 Å². The number of carbonyl (C=O) groups excluding carboxylic acids is 1. The maximum Gasteiger partial charge on any atom is 0.417 e. The molecule has 114 valence electrons. The van der Waals surface area contributed by atoms with Crippen molar-refractivity contribution in [2.45, 2.75) is 13.1 Å². The average molecular weight is 307 g/mol. The number of hydrogen-bond acceptors (Lipinski definition) is 2. The zero-order valence-electron chi connectivity index (χ0n) is 11.6. The van der Waals surface area contributed by atoms with Crippen LogP contribution in [0.15, 0.2) is 42.6 Å². The minimum atomic E-state index is -4.48. The van der Waals surface area contributed by atoms with Gasteiger partial charge in [0, 0.05) is 17.0 Å². The third kappa shape index (κ3) is 2.20. The summed E-state index contributed by atoms with van der Waals surface area (Å²) in [5.41, 5.74) is -0.170. The lowest BCUT2D eigenvalue weighted by Crippen LogP contribution is -2.11. The Morgan fingerprint density at radius 1 is 1.14 bits per heavy atom. The van der Waals surface area contributed by atoms with Crippen molar-refractivity contribution >= 4 is 22.3 Å². The van der Waals surface area contributed by atoms with Crippen molar-refractivity contribution in [3.05, 3.63) is 53.9 Å². The van der Waals surface area contributed by atoms with Gasteiger partial charge in [0.1, 0.15) is 5.69 Å². The molecule has 6 heteroatoms. The molecule has 2 heterocycles. The molecule has 3 aromatic rings. The van der Waals surface area contributed by atoms with Crippen molar-refractivity contribution in [2.24, 2.45) is 0 Å². The number of ether oxygens (including phenoxy) is 1. The topological polar surface area (TPSA) is 30.7 Å². The number of nitrogens with zero attached hydrogens (tertiary/aromatic N) is 1. The summed E-state index contributed by atoms with van der Waals surface area (Å²) in [7, 11) is 0. The molecule has 0 bridgehead atoms. The number of benzene rings is 1. The molecule has 3 nitrogen and oxygen atoms in total. The van der Waals surface area contributed by atoms with Crippen LogP contribution in [-0.4, -0.2) is 17.0 Å². The quantitative estimate of drug-likeness (QED) is 0.661. The van der Waals surface area contributed by atoms with Crippen LogP contribution in [0, 0.1) is 0 Å². The monoisotopic (exact) mass is 307 g/mol. The Labute approximate surface area is 123 Å². The normalized spacial score (nSPS) is 12.0. The summed E-state index contributed by atoms with van der Waals surface area (Å²) < 4.78 is 45.0. The van der Waals surface area contributed by atoms with Gasteiger partial charge in [0.25, 0.3) is 0 Å². The van der Waals surface area contributed by atoms with Crippen molar-refractivity contribution in [3.63, 3.8) is 0 Å². The summed E-state index contributed by atoms with van der Waals surface area (Å²) in [6.07, 6.45) is -3.54. The highest BCUT2D eigenvalue weighted by Gasteiger charge is 2.31. The van der Waals surface area contributed by atoms with E-state index in [0.29, 0.717) is 16.3 Å². The highest BCUT2D eigenvalue weighted by molar-refractivity contribution is 6.10. The Morgan fingerprint density at radius 2 is 1.82 bits per heavy atom. The molecule has 0 aliphatic carbocycles. The van der Waals surface area contributed by atoms with Crippen LogP contribution in [0.5, 0.6) is 0 Å². The summed E-state index contributed by atoms with van der Waals surface area (Å²) >= 11 is 0. The van der Waals surface area contributed by atoms with Gasteiger partial charge in [0.05, 0.1) is 17.7 Å². The Kier molecular flexibility index (Phi) is 3.31. The lowest BCUT2D eigenvalue weighted by Gasteiger charge is -2.09. The maximum absolute atomic E-state index is 12.9. The molecule has 0 atom stereocenters. The van der Waals surface area contributed by atoms with Crippen molar-refractivity contribution in [2.75, 3.05) is 6.61 Å². The largest absolute Gasteiger partial charge is 0.461 e. The van der Waals surface area contributed by atoms with E-state index < -0.39 is 17.7 Å². The van der Waals surface area contributed by atoms with Crippen molar-refractivity contribution in [1.82, 2.24) is 4.40 Å². The van der Waals surface area contributed by atoms with E-state index in [9.17, 15) is 18.0 Å². The minimum Gasteiger partial charge on any atom is -0.461 e. The van der Waals surface area contributed by atoms with Crippen molar-refractivity contribution < 1.29 is 22.7 Å². The van der Waals surface area contributed by atoms with Crippen LogP contribution in [0.3, 0.4) is 0 Å². The molecule has 2 aromatic heterocycles. The highest BCUT2D eigenvalue weighted by Crippen LogP contribution is 2.33. The van der Waals surface area contributed by atoms with Gasteiger partial charge in [-0.15, -0.1) is 0 Å². The number of rotatable bonds is 2. The van der Waals surface area contributed by atoms with Crippen LogP contribution in [0.2, 0.25) is 0 Å². The van der Waals surface area contributed by atoms with Gasteiger partial charge in [-0.1, -0.05) is 24.3 Å². The predicted molar refractivity (Wildman–Crippen MR) is 75.9 cm³/mol. The van der Waals surface area contributed by atoms with Gasteiger partial charge in [-0.2, -0.15) is 13.2 Å². The summed E-state index contributed by atoms with van der Waals surface area (Å²) in [6.45, 7) is 1.80. The molecule has 0 aliphatic rings. The summed E-state index contributed by atoms with van der Waals surface area (Å²) in [4.78, 5) is 12.2. The molecule has 0 amide bonds. The third-order valence-corrected chi connectivity index (χ3v) is 3.44. The lowest BCUT2D eigenvalue weighted by molar-refractivity contribution is -0.137. The second-order valence-electron chi connectivity index (χ2n) is 4.79. The van der Waals surface area contributed by atoms with E-state index in [-0.39, 0.29) is 12.3 Å². The standard InChI is InChI=1S/C16H12F3NO2/c1-2-22-15(21)14-12-6-4-3-5-11(12)13-8-7-10(9-20(13)14)16(17,18)19/h3-9H,2H2,1H3. The van der Waals surface area contributed by atoms with E-state index in [2.05, 4.69) is 0 Å². The molecule has 0 spiro atoms. The molecule has 0 saturated heterocycles. The van der Waals surface area contributed by atoms with Crippen molar-refractivity contribution in [1.29, 1.82) is 0 Å².